The van der Waals surface area contributed by atoms with Gasteiger partial charge in [0.15, 0.2) is 5.56 Å². The van der Waals surface area contributed by atoms with Gasteiger partial charge in [0, 0.05) is 10.6 Å². The number of nitrogens with zero attached hydrogens (tertiary/aromatic N) is 3. The first-order valence-electron chi connectivity index (χ1n) is 7.76. The Labute approximate surface area is 151 Å². The lowest BCUT2D eigenvalue weighted by Gasteiger charge is -2.05. The molecule has 0 radical (unpaired) electrons. The average Bonchev–Trinajstić information content (AvgIpc) is 2.89. The Morgan fingerprint density at radius 1 is 1.24 bits per heavy atom. The summed E-state index contributed by atoms with van der Waals surface area (Å²) in [7, 11) is 0. The van der Waals surface area contributed by atoms with E-state index in [4.69, 9.17) is 22.1 Å². The molecule has 2 aromatic carbocycles. The zero-order chi connectivity index (χ0) is 17.8. The van der Waals surface area contributed by atoms with Crippen molar-refractivity contribution in [3.8, 4) is 11.9 Å². The number of anilines is 1. The van der Waals surface area contributed by atoms with E-state index in [0.717, 1.165) is 16.7 Å². The number of aryl methyl sites for hydroxylation is 1. The molecule has 3 rings (SSSR count). The fourth-order valence-corrected chi connectivity index (χ4v) is 2.71. The number of nitrogen functional groups attached to an aromatic ring is 1. The largest absolute Gasteiger partial charge is 0.471 e. The maximum atomic E-state index is 9.39. The van der Waals surface area contributed by atoms with Crippen LogP contribution in [0.4, 0.5) is 5.82 Å². The Balaban J connectivity index is 1.83. The molecule has 0 fully saturated rings. The minimum Gasteiger partial charge on any atom is -0.471 e. The zero-order valence-corrected chi connectivity index (χ0v) is 14.5. The molecule has 0 saturated heterocycles. The van der Waals surface area contributed by atoms with Gasteiger partial charge in [0.05, 0.1) is 6.54 Å². The van der Waals surface area contributed by atoms with E-state index in [-0.39, 0.29) is 23.9 Å². The van der Waals surface area contributed by atoms with Crippen LogP contribution in [0, 0.1) is 18.3 Å². The monoisotopic (exact) mass is 352 g/mol. The normalized spacial score (nSPS) is 10.4. The molecule has 5 nitrogen and oxygen atoms in total. The van der Waals surface area contributed by atoms with Crippen LogP contribution in [0.2, 0.25) is 5.02 Å². The van der Waals surface area contributed by atoms with Gasteiger partial charge in [-0.15, -0.1) is 5.10 Å². The predicted octanol–water partition coefficient (Wildman–Crippen LogP) is 3.93. The molecule has 0 atom stereocenters. The van der Waals surface area contributed by atoms with Crippen molar-refractivity contribution in [3.05, 3.63) is 75.8 Å². The predicted molar refractivity (Wildman–Crippen MR) is 97.4 cm³/mol. The second-order valence-electron chi connectivity index (χ2n) is 5.70. The quantitative estimate of drug-likeness (QED) is 0.754. The zero-order valence-electron chi connectivity index (χ0n) is 13.7. The van der Waals surface area contributed by atoms with Gasteiger partial charge >= 0.3 is 0 Å². The van der Waals surface area contributed by atoms with Crippen molar-refractivity contribution >= 4 is 17.4 Å². The van der Waals surface area contributed by atoms with Gasteiger partial charge in [0.25, 0.3) is 5.88 Å². The standard InChI is InChI=1S/C19H17ClN4O/c1-13-5-4-6-14(9-13)11-24-18(22)16(10-21)19(23-24)25-12-15-7-2-3-8-17(15)20/h2-9H,11-12,22H2,1H3. The molecule has 0 amide bonds. The van der Waals surface area contributed by atoms with Gasteiger partial charge < -0.3 is 10.5 Å². The Hall–Kier alpha value is -2.97. The first-order chi connectivity index (χ1) is 12.1. The summed E-state index contributed by atoms with van der Waals surface area (Å²) in [6.07, 6.45) is 0. The van der Waals surface area contributed by atoms with E-state index >= 15 is 0 Å². The summed E-state index contributed by atoms with van der Waals surface area (Å²) in [6, 6.07) is 17.5. The van der Waals surface area contributed by atoms with E-state index in [1.807, 2.05) is 43.3 Å². The maximum absolute atomic E-state index is 9.39. The summed E-state index contributed by atoms with van der Waals surface area (Å²) < 4.78 is 7.28. The number of nitrogens with two attached hydrogens (primary N) is 1. The molecular weight excluding hydrogens is 336 g/mol. The molecule has 0 saturated carbocycles. The Morgan fingerprint density at radius 2 is 2.04 bits per heavy atom. The lowest BCUT2D eigenvalue weighted by Crippen LogP contribution is -2.06. The Morgan fingerprint density at radius 3 is 2.76 bits per heavy atom. The highest BCUT2D eigenvalue weighted by molar-refractivity contribution is 6.31. The van der Waals surface area contributed by atoms with Crippen molar-refractivity contribution in [1.29, 1.82) is 5.26 Å². The Bertz CT molecular complexity index is 943. The van der Waals surface area contributed by atoms with Crippen LogP contribution >= 0.6 is 11.6 Å². The van der Waals surface area contributed by atoms with Gasteiger partial charge in [-0.25, -0.2) is 4.68 Å². The topological polar surface area (TPSA) is 76.9 Å². The van der Waals surface area contributed by atoms with Crippen molar-refractivity contribution in [2.45, 2.75) is 20.1 Å². The van der Waals surface area contributed by atoms with E-state index in [9.17, 15) is 5.26 Å². The highest BCUT2D eigenvalue weighted by atomic mass is 35.5. The summed E-state index contributed by atoms with van der Waals surface area (Å²) in [6.45, 7) is 2.71. The van der Waals surface area contributed by atoms with E-state index in [1.165, 1.54) is 0 Å². The molecular formula is C19H17ClN4O. The van der Waals surface area contributed by atoms with E-state index in [2.05, 4.69) is 17.2 Å². The lowest BCUT2D eigenvalue weighted by atomic mass is 10.1. The van der Waals surface area contributed by atoms with Gasteiger partial charge in [0.1, 0.15) is 18.5 Å². The van der Waals surface area contributed by atoms with E-state index < -0.39 is 0 Å². The lowest BCUT2D eigenvalue weighted by molar-refractivity contribution is 0.289. The molecule has 0 aliphatic heterocycles. The fourth-order valence-electron chi connectivity index (χ4n) is 2.52. The first-order valence-corrected chi connectivity index (χ1v) is 8.14. The number of hydrogen-bond donors (Lipinski definition) is 1. The first kappa shape index (κ1) is 16.9. The number of benzene rings is 2. The molecule has 1 aromatic heterocycles. The van der Waals surface area contributed by atoms with Gasteiger partial charge in [-0.2, -0.15) is 5.26 Å². The van der Waals surface area contributed by atoms with E-state index in [0.29, 0.717) is 11.6 Å². The number of halogens is 1. The highest BCUT2D eigenvalue weighted by Gasteiger charge is 2.17. The van der Waals surface area contributed by atoms with Gasteiger partial charge in [0.2, 0.25) is 0 Å². The molecule has 2 N–H and O–H groups in total. The number of hydrogen-bond acceptors (Lipinski definition) is 4. The SMILES string of the molecule is Cc1cccc(Cn2nc(OCc3ccccc3Cl)c(C#N)c2N)c1. The van der Waals surface area contributed by atoms with Crippen LogP contribution in [-0.4, -0.2) is 9.78 Å². The molecule has 126 valence electrons. The third kappa shape index (κ3) is 3.76. The highest BCUT2D eigenvalue weighted by Crippen LogP contribution is 2.25. The minimum atomic E-state index is 0.215. The molecule has 0 aliphatic rings. The van der Waals surface area contributed by atoms with Crippen LogP contribution < -0.4 is 10.5 Å². The van der Waals surface area contributed by atoms with Crippen molar-refractivity contribution < 1.29 is 4.74 Å². The number of nitriles is 1. The summed E-state index contributed by atoms with van der Waals surface area (Å²) in [4.78, 5) is 0. The van der Waals surface area contributed by atoms with Crippen molar-refractivity contribution in [1.82, 2.24) is 9.78 Å². The molecule has 25 heavy (non-hydrogen) atoms. The average molecular weight is 353 g/mol. The molecule has 0 bridgehead atoms. The smallest absolute Gasteiger partial charge is 0.253 e. The van der Waals surface area contributed by atoms with Crippen LogP contribution in [0.15, 0.2) is 48.5 Å². The Kier molecular flexibility index (Phi) is 4.92. The number of ether oxygens (including phenoxy) is 1. The van der Waals surface area contributed by atoms with Crippen molar-refractivity contribution in [2.75, 3.05) is 5.73 Å². The summed E-state index contributed by atoms with van der Waals surface area (Å²) in [5.74, 6) is 0.505. The molecule has 0 unspecified atom stereocenters. The molecule has 3 aromatic rings. The van der Waals surface area contributed by atoms with Crippen molar-refractivity contribution in [2.24, 2.45) is 0 Å². The molecule has 0 aliphatic carbocycles. The number of rotatable bonds is 5. The van der Waals surface area contributed by atoms with E-state index in [1.54, 1.807) is 10.7 Å². The maximum Gasteiger partial charge on any atom is 0.253 e. The second kappa shape index (κ2) is 7.29. The third-order valence-corrected chi connectivity index (χ3v) is 4.18. The van der Waals surface area contributed by atoms with Crippen LogP contribution in [0.5, 0.6) is 5.88 Å². The van der Waals surface area contributed by atoms with Crippen molar-refractivity contribution in [3.63, 3.8) is 0 Å². The minimum absolute atomic E-state index is 0.215. The van der Waals surface area contributed by atoms with Crippen LogP contribution in [-0.2, 0) is 13.2 Å². The van der Waals surface area contributed by atoms with Gasteiger partial charge in [-0.05, 0) is 18.6 Å². The fraction of sp³-hybridized carbons (Fsp3) is 0.158. The third-order valence-electron chi connectivity index (χ3n) is 3.81. The molecule has 6 heteroatoms. The molecule has 1 heterocycles. The summed E-state index contributed by atoms with van der Waals surface area (Å²) in [5.41, 5.74) is 9.33. The summed E-state index contributed by atoms with van der Waals surface area (Å²) in [5, 5.41) is 14.3. The van der Waals surface area contributed by atoms with Gasteiger partial charge in [-0.1, -0.05) is 59.6 Å². The second-order valence-corrected chi connectivity index (χ2v) is 6.11. The summed E-state index contributed by atoms with van der Waals surface area (Å²) >= 11 is 6.13. The van der Waals surface area contributed by atoms with Crippen LogP contribution in [0.25, 0.3) is 0 Å². The van der Waals surface area contributed by atoms with Crippen LogP contribution in [0.1, 0.15) is 22.3 Å². The number of aromatic nitrogens is 2. The van der Waals surface area contributed by atoms with Gasteiger partial charge in [-0.3, -0.25) is 0 Å². The molecule has 0 spiro atoms. The van der Waals surface area contributed by atoms with Crippen LogP contribution in [0.3, 0.4) is 0 Å².